The van der Waals surface area contributed by atoms with Crippen molar-refractivity contribution in [1.82, 2.24) is 14.6 Å². The highest BCUT2D eigenvalue weighted by molar-refractivity contribution is 5.76. The van der Waals surface area contributed by atoms with Gasteiger partial charge in [-0.2, -0.15) is 22.7 Å². The summed E-state index contributed by atoms with van der Waals surface area (Å²) in [6, 6.07) is 9.94. The van der Waals surface area contributed by atoms with Crippen LogP contribution in [0.2, 0.25) is 0 Å². The summed E-state index contributed by atoms with van der Waals surface area (Å²) in [7, 11) is 0. The minimum atomic E-state index is -4.39. The number of halogens is 3. The fourth-order valence-electron chi connectivity index (χ4n) is 3.53. The number of pyridine rings is 1. The maximum Gasteiger partial charge on any atom is 0.416 e. The van der Waals surface area contributed by atoms with E-state index in [9.17, 15) is 18.0 Å². The van der Waals surface area contributed by atoms with Gasteiger partial charge in [0.1, 0.15) is 6.10 Å². The normalized spacial score (nSPS) is 19.6. The Morgan fingerprint density at radius 3 is 2.43 bits per heavy atom. The second kappa shape index (κ2) is 7.85. The van der Waals surface area contributed by atoms with Crippen molar-refractivity contribution >= 4 is 23.2 Å². The van der Waals surface area contributed by atoms with E-state index in [2.05, 4.69) is 15.4 Å². The topological polar surface area (TPSA) is 94.5 Å². The molecule has 1 aliphatic rings. The van der Waals surface area contributed by atoms with Crippen LogP contribution < -0.4 is 15.8 Å². The molecule has 7 nitrogen and oxygen atoms in total. The van der Waals surface area contributed by atoms with Crippen LogP contribution in [0.4, 0.5) is 24.8 Å². The van der Waals surface area contributed by atoms with Crippen LogP contribution >= 0.6 is 0 Å². The quantitative estimate of drug-likeness (QED) is 0.654. The predicted octanol–water partition coefficient (Wildman–Crippen LogP) is 3.91. The molecule has 1 fully saturated rings. The number of hydrogen-bond donors (Lipinski definition) is 2. The summed E-state index contributed by atoms with van der Waals surface area (Å²) in [5.41, 5.74) is 5.62. The zero-order chi connectivity index (χ0) is 21.3. The van der Waals surface area contributed by atoms with Crippen molar-refractivity contribution in [3.05, 3.63) is 48.0 Å². The average molecular weight is 419 g/mol. The number of rotatable bonds is 5. The van der Waals surface area contributed by atoms with Crippen LogP contribution in [0.1, 0.15) is 31.2 Å². The number of ether oxygens (including phenoxy) is 1. The Bertz CT molecular complexity index is 1040. The van der Waals surface area contributed by atoms with Crippen molar-refractivity contribution < 1.29 is 22.7 Å². The van der Waals surface area contributed by atoms with E-state index in [1.54, 1.807) is 18.2 Å². The smallest absolute Gasteiger partial charge is 0.416 e. The third-order valence-electron chi connectivity index (χ3n) is 5.16. The van der Waals surface area contributed by atoms with E-state index in [1.165, 1.54) is 16.6 Å². The summed E-state index contributed by atoms with van der Waals surface area (Å²) >= 11 is 0. The second-order valence-corrected chi connectivity index (χ2v) is 7.26. The van der Waals surface area contributed by atoms with Gasteiger partial charge < -0.3 is 15.8 Å². The zero-order valence-electron chi connectivity index (χ0n) is 15.9. The number of nitrogens with zero attached hydrogens (tertiary/aromatic N) is 3. The molecule has 0 aliphatic heterocycles. The average Bonchev–Trinajstić information content (AvgIpc) is 3.11. The van der Waals surface area contributed by atoms with Gasteiger partial charge in [-0.25, -0.2) is 0 Å². The first-order chi connectivity index (χ1) is 14.3. The number of hydrogen-bond acceptors (Lipinski definition) is 5. The molecule has 3 aromatic rings. The van der Waals surface area contributed by atoms with Gasteiger partial charge in [0, 0.05) is 17.7 Å². The summed E-state index contributed by atoms with van der Waals surface area (Å²) in [5, 5.41) is 7.26. The maximum atomic E-state index is 12.7. The van der Waals surface area contributed by atoms with Crippen LogP contribution in [0, 0.1) is 5.92 Å². The number of carbonyl (C=O) groups is 1. The molecule has 2 heterocycles. The fraction of sp³-hybridized carbons (Fsp3) is 0.350. The lowest BCUT2D eigenvalue weighted by molar-refractivity contribution is -0.137. The first kappa shape index (κ1) is 20.0. The molecule has 1 aliphatic carbocycles. The van der Waals surface area contributed by atoms with Crippen LogP contribution in [0.15, 0.2) is 42.5 Å². The number of primary amides is 1. The molecule has 0 radical (unpaired) electrons. The monoisotopic (exact) mass is 419 g/mol. The van der Waals surface area contributed by atoms with Gasteiger partial charge in [0.2, 0.25) is 17.7 Å². The molecule has 30 heavy (non-hydrogen) atoms. The van der Waals surface area contributed by atoms with E-state index in [-0.39, 0.29) is 23.9 Å². The molecule has 0 spiro atoms. The molecule has 2 aromatic heterocycles. The van der Waals surface area contributed by atoms with Crippen molar-refractivity contribution in [2.75, 3.05) is 5.32 Å². The molecule has 158 valence electrons. The standard InChI is InChI=1S/C20H20F3N5O2/c21-20(22,23)13-6-8-14(9-7-13)25-19-26-16-2-1-3-17(28(16)27-19)30-15-10-4-12(5-11-15)18(24)29/h1-3,6-9,12,15H,4-5,10-11H2,(H2,24,29)(H,25,27)/t12-,15-. The van der Waals surface area contributed by atoms with Gasteiger partial charge in [-0.05, 0) is 56.0 Å². The number of benzene rings is 1. The van der Waals surface area contributed by atoms with Gasteiger partial charge in [0.05, 0.1) is 5.56 Å². The van der Waals surface area contributed by atoms with Gasteiger partial charge in [-0.15, -0.1) is 5.10 Å². The lowest BCUT2D eigenvalue weighted by Gasteiger charge is -2.27. The van der Waals surface area contributed by atoms with Gasteiger partial charge >= 0.3 is 6.18 Å². The van der Waals surface area contributed by atoms with E-state index in [0.717, 1.165) is 25.0 Å². The third kappa shape index (κ3) is 4.32. The molecule has 1 aromatic carbocycles. The zero-order valence-corrected chi connectivity index (χ0v) is 15.9. The highest BCUT2D eigenvalue weighted by Gasteiger charge is 2.30. The number of carbonyl (C=O) groups excluding carboxylic acids is 1. The number of aromatic nitrogens is 3. The molecule has 0 saturated heterocycles. The molecule has 10 heteroatoms. The Kier molecular flexibility index (Phi) is 5.23. The Morgan fingerprint density at radius 1 is 1.10 bits per heavy atom. The SMILES string of the molecule is NC(=O)[C@H]1CC[C@H](Oc2cccc3nc(Nc4ccc(C(F)(F)F)cc4)nn23)CC1. The Balaban J connectivity index is 1.48. The van der Waals surface area contributed by atoms with Crippen LogP contribution in [0.3, 0.4) is 0 Å². The molecule has 4 rings (SSSR count). The van der Waals surface area contributed by atoms with Crippen molar-refractivity contribution in [1.29, 1.82) is 0 Å². The number of nitrogens with one attached hydrogen (secondary N) is 1. The van der Waals surface area contributed by atoms with Crippen molar-refractivity contribution in [2.24, 2.45) is 11.7 Å². The number of fused-ring (bicyclic) bond motifs is 1. The minimum absolute atomic E-state index is 0.0540. The molecule has 1 amide bonds. The molecular formula is C20H20F3N5O2. The third-order valence-corrected chi connectivity index (χ3v) is 5.16. The van der Waals surface area contributed by atoms with Crippen molar-refractivity contribution in [3.8, 4) is 5.88 Å². The van der Waals surface area contributed by atoms with Crippen LogP contribution in [0.5, 0.6) is 5.88 Å². The lowest BCUT2D eigenvalue weighted by atomic mass is 9.87. The summed E-state index contributed by atoms with van der Waals surface area (Å²) in [6.07, 6.45) is -1.63. The summed E-state index contributed by atoms with van der Waals surface area (Å²) in [5.74, 6) is 0.364. The van der Waals surface area contributed by atoms with Crippen molar-refractivity contribution in [3.63, 3.8) is 0 Å². The van der Waals surface area contributed by atoms with Gasteiger partial charge in [0.15, 0.2) is 5.65 Å². The summed E-state index contributed by atoms with van der Waals surface area (Å²) in [6.45, 7) is 0. The molecule has 3 N–H and O–H groups in total. The number of amides is 1. The first-order valence-electron chi connectivity index (χ1n) is 9.55. The summed E-state index contributed by atoms with van der Waals surface area (Å²) < 4.78 is 45.7. The molecular weight excluding hydrogens is 399 g/mol. The molecule has 0 unspecified atom stereocenters. The molecule has 0 atom stereocenters. The number of anilines is 2. The predicted molar refractivity (Wildman–Crippen MR) is 103 cm³/mol. The number of alkyl halides is 3. The van der Waals surface area contributed by atoms with Crippen LogP contribution in [-0.4, -0.2) is 26.6 Å². The van der Waals surface area contributed by atoms with Crippen LogP contribution in [0.25, 0.3) is 5.65 Å². The minimum Gasteiger partial charge on any atom is -0.474 e. The van der Waals surface area contributed by atoms with Gasteiger partial charge in [-0.3, -0.25) is 4.79 Å². The molecule has 0 bridgehead atoms. The second-order valence-electron chi connectivity index (χ2n) is 7.26. The fourth-order valence-corrected chi connectivity index (χ4v) is 3.53. The van der Waals surface area contributed by atoms with E-state index in [0.29, 0.717) is 30.1 Å². The first-order valence-corrected chi connectivity index (χ1v) is 9.55. The Morgan fingerprint density at radius 2 is 1.80 bits per heavy atom. The highest BCUT2D eigenvalue weighted by Crippen LogP contribution is 2.31. The van der Waals surface area contributed by atoms with E-state index < -0.39 is 11.7 Å². The van der Waals surface area contributed by atoms with Crippen LogP contribution in [-0.2, 0) is 11.0 Å². The lowest BCUT2D eigenvalue weighted by Crippen LogP contribution is -2.31. The van der Waals surface area contributed by atoms with Gasteiger partial charge in [-0.1, -0.05) is 6.07 Å². The van der Waals surface area contributed by atoms with E-state index >= 15 is 0 Å². The highest BCUT2D eigenvalue weighted by atomic mass is 19.4. The summed E-state index contributed by atoms with van der Waals surface area (Å²) in [4.78, 5) is 15.7. The Hall–Kier alpha value is -3.30. The van der Waals surface area contributed by atoms with E-state index in [4.69, 9.17) is 10.5 Å². The van der Waals surface area contributed by atoms with Gasteiger partial charge in [0.25, 0.3) is 0 Å². The largest absolute Gasteiger partial charge is 0.474 e. The van der Waals surface area contributed by atoms with E-state index in [1.807, 2.05) is 0 Å². The Labute approximate surface area is 170 Å². The number of nitrogens with two attached hydrogens (primary N) is 1. The van der Waals surface area contributed by atoms with Crippen molar-refractivity contribution in [2.45, 2.75) is 38.0 Å². The maximum absolute atomic E-state index is 12.7. The molecule has 1 saturated carbocycles.